The Kier molecular flexibility index (Phi) is 5.06. The third-order valence-electron chi connectivity index (χ3n) is 3.68. The molecule has 2 aromatic heterocycles. The zero-order valence-corrected chi connectivity index (χ0v) is 13.6. The van der Waals surface area contributed by atoms with Crippen LogP contribution in [-0.4, -0.2) is 32.0 Å². The Bertz CT molecular complexity index is 856. The van der Waals surface area contributed by atoms with Gasteiger partial charge in [0, 0.05) is 31.0 Å². The van der Waals surface area contributed by atoms with E-state index in [-0.39, 0.29) is 11.4 Å². The first-order valence-electron chi connectivity index (χ1n) is 7.91. The van der Waals surface area contributed by atoms with Gasteiger partial charge < -0.3 is 14.9 Å². The van der Waals surface area contributed by atoms with Gasteiger partial charge in [-0.15, -0.1) is 0 Å². The molecule has 0 aliphatic rings. The molecule has 6 nitrogen and oxygen atoms in total. The average molecular weight is 363 g/mol. The van der Waals surface area contributed by atoms with Crippen molar-refractivity contribution in [2.24, 2.45) is 0 Å². The highest BCUT2D eigenvalue weighted by Crippen LogP contribution is 2.31. The van der Waals surface area contributed by atoms with Gasteiger partial charge in [-0.3, -0.25) is 4.79 Å². The Morgan fingerprint density at radius 2 is 2.00 bits per heavy atom. The lowest BCUT2D eigenvalue weighted by atomic mass is 10.1. The van der Waals surface area contributed by atoms with Crippen LogP contribution >= 0.6 is 0 Å². The number of hydrogen-bond acceptors (Lipinski definition) is 3. The summed E-state index contributed by atoms with van der Waals surface area (Å²) in [6.45, 7) is 0.953. The van der Waals surface area contributed by atoms with Crippen molar-refractivity contribution in [1.82, 2.24) is 24.8 Å². The normalized spacial score (nSPS) is 11.5. The molecule has 0 spiro atoms. The quantitative estimate of drug-likeness (QED) is 0.661. The molecule has 1 aromatic carbocycles. The molecule has 9 heteroatoms. The number of rotatable bonds is 6. The Labute approximate surface area is 147 Å². The molecule has 136 valence electrons. The summed E-state index contributed by atoms with van der Waals surface area (Å²) < 4.78 is 40.8. The Morgan fingerprint density at radius 1 is 1.23 bits per heavy atom. The molecule has 0 aliphatic carbocycles. The van der Waals surface area contributed by atoms with Crippen LogP contribution in [-0.2, 0) is 12.7 Å². The number of H-pyrrole nitrogens is 1. The highest BCUT2D eigenvalue weighted by molar-refractivity contribution is 5.98. The fourth-order valence-corrected chi connectivity index (χ4v) is 2.45. The van der Waals surface area contributed by atoms with Crippen molar-refractivity contribution in [3.05, 3.63) is 60.6 Å². The minimum Gasteiger partial charge on any atom is -0.351 e. The lowest BCUT2D eigenvalue weighted by molar-refractivity contribution is -0.144. The number of aromatic nitrogens is 4. The van der Waals surface area contributed by atoms with Crippen LogP contribution in [0.2, 0.25) is 0 Å². The van der Waals surface area contributed by atoms with Crippen molar-refractivity contribution >= 4 is 5.91 Å². The van der Waals surface area contributed by atoms with E-state index in [1.54, 1.807) is 49.1 Å². The van der Waals surface area contributed by atoms with Crippen LogP contribution in [0.4, 0.5) is 13.2 Å². The van der Waals surface area contributed by atoms with Crippen molar-refractivity contribution in [3.8, 4) is 11.3 Å². The van der Waals surface area contributed by atoms with Crippen molar-refractivity contribution in [1.29, 1.82) is 0 Å². The van der Waals surface area contributed by atoms with E-state index in [0.717, 1.165) is 0 Å². The summed E-state index contributed by atoms with van der Waals surface area (Å²) in [6, 6.07) is 8.28. The van der Waals surface area contributed by atoms with E-state index >= 15 is 0 Å². The van der Waals surface area contributed by atoms with E-state index in [1.807, 2.05) is 4.57 Å². The van der Waals surface area contributed by atoms with Gasteiger partial charge in [-0.1, -0.05) is 30.3 Å². The molecule has 3 aromatic rings. The average Bonchev–Trinajstić information content (AvgIpc) is 3.28. The summed E-state index contributed by atoms with van der Waals surface area (Å²) >= 11 is 0. The van der Waals surface area contributed by atoms with E-state index in [0.29, 0.717) is 25.1 Å². The Morgan fingerprint density at radius 3 is 2.65 bits per heavy atom. The van der Waals surface area contributed by atoms with Gasteiger partial charge in [0.1, 0.15) is 11.4 Å². The zero-order chi connectivity index (χ0) is 18.6. The molecule has 1 amide bonds. The summed E-state index contributed by atoms with van der Waals surface area (Å²) in [5, 5.41) is 2.63. The maximum atomic E-state index is 13.0. The second kappa shape index (κ2) is 7.42. The molecule has 26 heavy (non-hydrogen) atoms. The second-order valence-electron chi connectivity index (χ2n) is 5.58. The van der Waals surface area contributed by atoms with Gasteiger partial charge in [0.25, 0.3) is 5.91 Å². The topological polar surface area (TPSA) is 75.6 Å². The number of benzene rings is 1. The van der Waals surface area contributed by atoms with E-state index in [2.05, 4.69) is 20.3 Å². The SMILES string of the molecule is O=C(NCCCn1ccnc1)c1[nH]c(C(F)(F)F)nc1-c1ccccc1. The zero-order valence-electron chi connectivity index (χ0n) is 13.6. The molecular formula is C17H16F3N5O. The minimum absolute atomic E-state index is 0.0231. The number of nitrogens with zero attached hydrogens (tertiary/aromatic N) is 3. The van der Waals surface area contributed by atoms with Crippen LogP contribution < -0.4 is 5.32 Å². The van der Waals surface area contributed by atoms with Gasteiger partial charge in [0.05, 0.1) is 6.33 Å². The molecule has 2 heterocycles. The number of hydrogen-bond donors (Lipinski definition) is 2. The maximum absolute atomic E-state index is 13.0. The van der Waals surface area contributed by atoms with Gasteiger partial charge in [-0.2, -0.15) is 13.2 Å². The molecular weight excluding hydrogens is 347 g/mol. The minimum atomic E-state index is -4.66. The van der Waals surface area contributed by atoms with Crippen LogP contribution in [0, 0.1) is 0 Å². The lowest BCUT2D eigenvalue weighted by Gasteiger charge is -2.06. The Balaban J connectivity index is 1.74. The molecule has 0 aliphatic heterocycles. The van der Waals surface area contributed by atoms with Gasteiger partial charge >= 0.3 is 6.18 Å². The summed E-state index contributed by atoms with van der Waals surface area (Å²) in [5.41, 5.74) is 0.207. The van der Waals surface area contributed by atoms with E-state index in [9.17, 15) is 18.0 Å². The molecule has 3 rings (SSSR count). The number of amides is 1. The molecule has 0 saturated heterocycles. The molecule has 0 radical (unpaired) electrons. The lowest BCUT2D eigenvalue weighted by Crippen LogP contribution is -2.26. The molecule has 0 bridgehead atoms. The third kappa shape index (κ3) is 4.11. The molecule has 0 fully saturated rings. The smallest absolute Gasteiger partial charge is 0.351 e. The molecule has 0 unspecified atom stereocenters. The molecule has 0 atom stereocenters. The highest BCUT2D eigenvalue weighted by Gasteiger charge is 2.36. The van der Waals surface area contributed by atoms with Crippen molar-refractivity contribution in [3.63, 3.8) is 0 Å². The number of nitrogens with one attached hydrogen (secondary N) is 2. The molecule has 0 saturated carbocycles. The van der Waals surface area contributed by atoms with Gasteiger partial charge in [0.15, 0.2) is 0 Å². The summed E-state index contributed by atoms with van der Waals surface area (Å²) in [5.74, 6) is -1.82. The first kappa shape index (κ1) is 17.7. The summed E-state index contributed by atoms with van der Waals surface area (Å²) in [4.78, 5) is 22.0. The van der Waals surface area contributed by atoms with Crippen molar-refractivity contribution < 1.29 is 18.0 Å². The van der Waals surface area contributed by atoms with Crippen LogP contribution in [0.5, 0.6) is 0 Å². The van der Waals surface area contributed by atoms with Crippen LogP contribution in [0.3, 0.4) is 0 Å². The van der Waals surface area contributed by atoms with Crippen molar-refractivity contribution in [2.75, 3.05) is 6.54 Å². The van der Waals surface area contributed by atoms with E-state index < -0.39 is 17.9 Å². The summed E-state index contributed by atoms with van der Waals surface area (Å²) in [6.07, 6.45) is 1.04. The number of carbonyl (C=O) groups excluding carboxylic acids is 1. The van der Waals surface area contributed by atoms with Crippen LogP contribution in [0.1, 0.15) is 22.7 Å². The number of halogens is 3. The molecule has 2 N–H and O–H groups in total. The number of aromatic amines is 1. The van der Waals surface area contributed by atoms with Gasteiger partial charge in [-0.05, 0) is 6.42 Å². The first-order valence-corrected chi connectivity index (χ1v) is 7.91. The predicted octanol–water partition coefficient (Wildman–Crippen LogP) is 3.11. The fourth-order valence-electron chi connectivity index (χ4n) is 2.45. The third-order valence-corrected chi connectivity index (χ3v) is 3.68. The number of imidazole rings is 2. The second-order valence-corrected chi connectivity index (χ2v) is 5.58. The predicted molar refractivity (Wildman–Crippen MR) is 88.2 cm³/mol. The maximum Gasteiger partial charge on any atom is 0.449 e. The summed E-state index contributed by atoms with van der Waals surface area (Å²) in [7, 11) is 0. The monoisotopic (exact) mass is 363 g/mol. The van der Waals surface area contributed by atoms with Crippen LogP contribution in [0.25, 0.3) is 11.3 Å². The van der Waals surface area contributed by atoms with E-state index in [1.165, 1.54) is 0 Å². The first-order chi connectivity index (χ1) is 12.4. The van der Waals surface area contributed by atoms with Gasteiger partial charge in [0.2, 0.25) is 5.82 Å². The van der Waals surface area contributed by atoms with Crippen molar-refractivity contribution in [2.45, 2.75) is 19.1 Å². The highest BCUT2D eigenvalue weighted by atomic mass is 19.4. The van der Waals surface area contributed by atoms with Crippen LogP contribution in [0.15, 0.2) is 49.1 Å². The number of carbonyl (C=O) groups is 1. The Hall–Kier alpha value is -3.10. The van der Waals surface area contributed by atoms with Gasteiger partial charge in [-0.25, -0.2) is 9.97 Å². The fraction of sp³-hybridized carbons (Fsp3) is 0.235. The number of alkyl halides is 3. The number of aryl methyl sites for hydroxylation is 1. The van der Waals surface area contributed by atoms with E-state index in [4.69, 9.17) is 0 Å². The largest absolute Gasteiger partial charge is 0.449 e. The standard InChI is InChI=1S/C17H16F3N5O/c18-17(19,20)16-23-13(12-5-2-1-3-6-12)14(24-16)15(26)22-7-4-9-25-10-8-21-11-25/h1-3,5-6,8,10-11H,4,7,9H2,(H,22,26)(H,23,24).